The van der Waals surface area contributed by atoms with Crippen molar-refractivity contribution in [3.05, 3.63) is 35.9 Å². The van der Waals surface area contributed by atoms with Gasteiger partial charge in [-0.15, -0.1) is 6.42 Å². The van der Waals surface area contributed by atoms with Crippen molar-refractivity contribution < 1.29 is 13.6 Å². The Morgan fingerprint density at radius 2 is 1.89 bits per heavy atom. The monoisotopic (exact) mass is 281 g/mol. The lowest BCUT2D eigenvalue weighted by atomic mass is 10.1. The van der Waals surface area contributed by atoms with Crippen molar-refractivity contribution in [2.45, 2.75) is 19.4 Å². The zero-order chi connectivity index (χ0) is 14.3. The average Bonchev–Trinajstić information content (AvgIpc) is 2.45. The summed E-state index contributed by atoms with van der Waals surface area (Å²) in [5, 5.41) is 0. The average molecular weight is 281 g/mol. The number of hydrogen-bond donors (Lipinski definition) is 0. The van der Waals surface area contributed by atoms with Crippen LogP contribution in [-0.4, -0.2) is 31.5 Å². The minimum Gasteiger partial charge on any atom is -0.300 e. The largest absolute Gasteiger partial charge is 0.408 e. The first-order valence-electron chi connectivity index (χ1n) is 6.03. The standard InChI is InChI=1S/C14H20NO3P/c1-5-11-15(19(16,17-3)18-4)13(2)12-14-9-7-6-8-10-14/h1,6-10,13H,11-12H2,2-4H3/t13-/m1/s1. The van der Waals surface area contributed by atoms with Crippen molar-refractivity contribution in [3.8, 4) is 12.3 Å². The normalized spacial score (nSPS) is 13.2. The van der Waals surface area contributed by atoms with Crippen LogP contribution in [0.2, 0.25) is 0 Å². The Bertz CT molecular complexity index is 461. The molecule has 0 bridgehead atoms. The highest BCUT2D eigenvalue weighted by molar-refractivity contribution is 7.51. The second-order valence-electron chi connectivity index (χ2n) is 4.17. The summed E-state index contributed by atoms with van der Waals surface area (Å²) in [6.45, 7) is 2.17. The molecule has 0 aliphatic heterocycles. The van der Waals surface area contributed by atoms with Crippen LogP contribution in [0.5, 0.6) is 0 Å². The van der Waals surface area contributed by atoms with Gasteiger partial charge in [-0.2, -0.15) is 4.67 Å². The van der Waals surface area contributed by atoms with Gasteiger partial charge in [0.25, 0.3) is 0 Å². The predicted octanol–water partition coefficient (Wildman–Crippen LogP) is 2.95. The highest BCUT2D eigenvalue weighted by atomic mass is 31.2. The lowest BCUT2D eigenvalue weighted by Crippen LogP contribution is -2.33. The molecule has 19 heavy (non-hydrogen) atoms. The number of hydrogen-bond acceptors (Lipinski definition) is 3. The van der Waals surface area contributed by atoms with Crippen LogP contribution in [-0.2, 0) is 20.0 Å². The van der Waals surface area contributed by atoms with Crippen LogP contribution in [0.15, 0.2) is 30.3 Å². The Balaban J connectivity index is 2.88. The Morgan fingerprint density at radius 1 is 1.32 bits per heavy atom. The summed E-state index contributed by atoms with van der Waals surface area (Å²) in [5.74, 6) is 2.50. The Labute approximate surface area is 115 Å². The van der Waals surface area contributed by atoms with Gasteiger partial charge in [-0.25, -0.2) is 4.57 Å². The maximum Gasteiger partial charge on any atom is 0.408 e. The molecule has 0 amide bonds. The summed E-state index contributed by atoms with van der Waals surface area (Å²) in [5.41, 5.74) is 1.15. The quantitative estimate of drug-likeness (QED) is 0.569. The molecule has 104 valence electrons. The summed E-state index contributed by atoms with van der Waals surface area (Å²) in [4.78, 5) is 0. The van der Waals surface area contributed by atoms with Crippen molar-refractivity contribution >= 4 is 7.75 Å². The SMILES string of the molecule is C#CCN([C@H](C)Cc1ccccc1)P(=O)(OC)OC. The van der Waals surface area contributed by atoms with E-state index in [2.05, 4.69) is 5.92 Å². The van der Waals surface area contributed by atoms with E-state index >= 15 is 0 Å². The Hall–Kier alpha value is -1.11. The Kier molecular flexibility index (Phi) is 6.27. The summed E-state index contributed by atoms with van der Waals surface area (Å²) < 4.78 is 24.1. The van der Waals surface area contributed by atoms with E-state index in [9.17, 15) is 4.57 Å². The van der Waals surface area contributed by atoms with Crippen molar-refractivity contribution in [1.29, 1.82) is 0 Å². The lowest BCUT2D eigenvalue weighted by Gasteiger charge is -2.31. The fourth-order valence-corrected chi connectivity index (χ4v) is 3.31. The number of rotatable bonds is 7. The predicted molar refractivity (Wildman–Crippen MR) is 76.8 cm³/mol. The molecule has 0 N–H and O–H groups in total. The number of benzene rings is 1. The highest BCUT2D eigenvalue weighted by Crippen LogP contribution is 2.51. The van der Waals surface area contributed by atoms with E-state index in [4.69, 9.17) is 15.5 Å². The zero-order valence-corrected chi connectivity index (χ0v) is 12.5. The molecule has 5 heteroatoms. The minimum absolute atomic E-state index is 0.0517. The van der Waals surface area contributed by atoms with Crippen LogP contribution < -0.4 is 0 Å². The highest BCUT2D eigenvalue weighted by Gasteiger charge is 2.34. The second-order valence-corrected chi connectivity index (χ2v) is 6.36. The fraction of sp³-hybridized carbons (Fsp3) is 0.429. The van der Waals surface area contributed by atoms with Gasteiger partial charge in [-0.3, -0.25) is 9.05 Å². The molecule has 0 heterocycles. The third-order valence-corrected chi connectivity index (χ3v) is 5.00. The van der Waals surface area contributed by atoms with E-state index in [-0.39, 0.29) is 12.6 Å². The molecule has 0 aliphatic rings. The van der Waals surface area contributed by atoms with E-state index < -0.39 is 7.75 Å². The van der Waals surface area contributed by atoms with Crippen molar-refractivity contribution in [3.63, 3.8) is 0 Å². The molecule has 0 unspecified atom stereocenters. The van der Waals surface area contributed by atoms with Gasteiger partial charge in [0.2, 0.25) is 0 Å². The third-order valence-electron chi connectivity index (χ3n) is 2.91. The Morgan fingerprint density at radius 3 is 2.37 bits per heavy atom. The minimum atomic E-state index is -3.31. The first kappa shape index (κ1) is 15.9. The van der Waals surface area contributed by atoms with E-state index in [1.54, 1.807) is 4.67 Å². The third kappa shape index (κ3) is 4.19. The molecule has 0 aromatic heterocycles. The molecule has 1 rings (SSSR count). The van der Waals surface area contributed by atoms with Crippen molar-refractivity contribution in [2.24, 2.45) is 0 Å². The van der Waals surface area contributed by atoms with E-state index in [1.807, 2.05) is 37.3 Å². The molecule has 1 atom stereocenters. The van der Waals surface area contributed by atoms with Crippen molar-refractivity contribution in [1.82, 2.24) is 4.67 Å². The molecule has 0 fully saturated rings. The van der Waals surface area contributed by atoms with Gasteiger partial charge < -0.3 is 0 Å². The summed E-state index contributed by atoms with van der Waals surface area (Å²) >= 11 is 0. The molecule has 0 saturated heterocycles. The van der Waals surface area contributed by atoms with E-state index in [0.717, 1.165) is 12.0 Å². The summed E-state index contributed by atoms with van der Waals surface area (Å²) in [7, 11) is -0.582. The van der Waals surface area contributed by atoms with Gasteiger partial charge in [0, 0.05) is 20.3 Å². The first-order chi connectivity index (χ1) is 9.07. The molecule has 4 nitrogen and oxygen atoms in total. The topological polar surface area (TPSA) is 38.8 Å². The molecule has 0 saturated carbocycles. The summed E-state index contributed by atoms with van der Waals surface area (Å²) in [6.07, 6.45) is 6.06. The molecule has 0 spiro atoms. The van der Waals surface area contributed by atoms with Gasteiger partial charge >= 0.3 is 7.75 Å². The van der Waals surface area contributed by atoms with Crippen LogP contribution in [0.3, 0.4) is 0 Å². The van der Waals surface area contributed by atoms with Gasteiger partial charge in [-0.1, -0.05) is 36.3 Å². The zero-order valence-electron chi connectivity index (χ0n) is 11.6. The van der Waals surface area contributed by atoms with Crippen LogP contribution in [0.4, 0.5) is 0 Å². The molecule has 0 aliphatic carbocycles. The van der Waals surface area contributed by atoms with E-state index in [1.165, 1.54) is 14.2 Å². The van der Waals surface area contributed by atoms with Crippen LogP contribution >= 0.6 is 7.75 Å². The fourth-order valence-electron chi connectivity index (χ4n) is 1.92. The van der Waals surface area contributed by atoms with Crippen molar-refractivity contribution in [2.75, 3.05) is 20.8 Å². The van der Waals surface area contributed by atoms with E-state index in [0.29, 0.717) is 0 Å². The molecule has 1 aromatic rings. The smallest absolute Gasteiger partial charge is 0.300 e. The number of nitrogens with zero attached hydrogens (tertiary/aromatic N) is 1. The number of terminal acetylenes is 1. The van der Waals surface area contributed by atoms with Gasteiger partial charge in [0.1, 0.15) is 0 Å². The van der Waals surface area contributed by atoms with Crippen LogP contribution in [0, 0.1) is 12.3 Å². The van der Waals surface area contributed by atoms with Gasteiger partial charge in [0.05, 0.1) is 6.54 Å². The first-order valence-corrected chi connectivity index (χ1v) is 7.53. The van der Waals surface area contributed by atoms with Crippen LogP contribution in [0.1, 0.15) is 12.5 Å². The molecule has 1 aromatic carbocycles. The lowest BCUT2D eigenvalue weighted by molar-refractivity contribution is 0.194. The maximum absolute atomic E-state index is 12.5. The second kappa shape index (κ2) is 7.47. The van der Waals surface area contributed by atoms with Crippen LogP contribution in [0.25, 0.3) is 0 Å². The summed E-state index contributed by atoms with van der Waals surface area (Å²) in [6, 6.07) is 9.90. The molecule has 0 radical (unpaired) electrons. The van der Waals surface area contributed by atoms with Gasteiger partial charge in [0.15, 0.2) is 0 Å². The molecular formula is C14H20NO3P. The maximum atomic E-state index is 12.5. The van der Waals surface area contributed by atoms with Gasteiger partial charge in [-0.05, 0) is 18.9 Å². The molecular weight excluding hydrogens is 261 g/mol.